The van der Waals surface area contributed by atoms with Crippen molar-refractivity contribution >= 4 is 23.6 Å². The molecule has 0 spiro atoms. The van der Waals surface area contributed by atoms with Crippen LogP contribution in [0.5, 0.6) is 0 Å². The van der Waals surface area contributed by atoms with E-state index in [2.05, 4.69) is 30.9 Å². The summed E-state index contributed by atoms with van der Waals surface area (Å²) in [6.07, 6.45) is 6.56. The Morgan fingerprint density at radius 1 is 1.08 bits per heavy atom. The molecule has 0 unspecified atom stereocenters. The van der Waals surface area contributed by atoms with Gasteiger partial charge in [-0.15, -0.1) is 0 Å². The molecule has 2 aromatic carbocycles. The van der Waals surface area contributed by atoms with Crippen molar-refractivity contribution in [3.63, 3.8) is 0 Å². The van der Waals surface area contributed by atoms with Crippen LogP contribution in [0, 0.1) is 19.7 Å². The second kappa shape index (κ2) is 8.01. The summed E-state index contributed by atoms with van der Waals surface area (Å²) in [5.41, 5.74) is 5.60. The number of benzene rings is 2. The normalized spacial score (nSPS) is 15.1. The minimum atomic E-state index is -0.374. The third kappa shape index (κ3) is 4.60. The lowest BCUT2D eigenvalue weighted by Crippen LogP contribution is -2.28. The molecule has 132 valence electrons. The Labute approximate surface area is 154 Å². The number of aliphatic imine (C=N–C) groups is 1. The van der Waals surface area contributed by atoms with Crippen LogP contribution in [0.3, 0.4) is 0 Å². The molecule has 0 radical (unpaired) electrons. The maximum atomic E-state index is 13.3. The first-order valence-corrected chi connectivity index (χ1v) is 9.23. The molecule has 1 heterocycles. The molecule has 25 heavy (non-hydrogen) atoms. The number of hydrogen-bond donors (Lipinski definition) is 0. The van der Waals surface area contributed by atoms with Crippen LogP contribution < -0.4 is 0 Å². The summed E-state index contributed by atoms with van der Waals surface area (Å²) < 4.78 is 13.3. The number of aryl methyl sites for hydroxylation is 2. The molecule has 0 bridgehead atoms. The second-order valence-corrected chi connectivity index (χ2v) is 7.24. The van der Waals surface area contributed by atoms with Gasteiger partial charge < -0.3 is 4.90 Å². The highest BCUT2D eigenvalue weighted by Crippen LogP contribution is 2.26. The Kier molecular flexibility index (Phi) is 5.74. The number of hydrogen-bond acceptors (Lipinski definition) is 1. The van der Waals surface area contributed by atoms with E-state index in [9.17, 15) is 4.39 Å². The zero-order chi connectivity index (χ0) is 17.8. The molecule has 0 N–H and O–H groups in total. The van der Waals surface area contributed by atoms with Gasteiger partial charge in [0.05, 0.1) is 17.0 Å². The van der Waals surface area contributed by atoms with Crippen LogP contribution in [0.25, 0.3) is 0 Å². The molecule has 2 nitrogen and oxygen atoms in total. The maximum absolute atomic E-state index is 13.3. The highest BCUT2D eigenvalue weighted by molar-refractivity contribution is 6.30. The first kappa shape index (κ1) is 17.9. The van der Waals surface area contributed by atoms with Crippen molar-refractivity contribution in [2.24, 2.45) is 4.99 Å². The van der Waals surface area contributed by atoms with Gasteiger partial charge in [-0.05, 0) is 80.0 Å². The lowest BCUT2D eigenvalue weighted by atomic mass is 9.97. The van der Waals surface area contributed by atoms with Crippen LogP contribution in [0.2, 0.25) is 5.02 Å². The molecule has 2 aromatic rings. The van der Waals surface area contributed by atoms with E-state index >= 15 is 0 Å². The molecule has 0 aliphatic carbocycles. The van der Waals surface area contributed by atoms with Crippen LogP contribution >= 0.6 is 11.6 Å². The van der Waals surface area contributed by atoms with E-state index < -0.39 is 0 Å². The van der Waals surface area contributed by atoms with Crippen molar-refractivity contribution in [3.05, 3.63) is 63.4 Å². The van der Waals surface area contributed by atoms with Gasteiger partial charge in [-0.3, -0.25) is 0 Å². The molecule has 1 aliphatic heterocycles. The van der Waals surface area contributed by atoms with Gasteiger partial charge in [0.15, 0.2) is 0 Å². The van der Waals surface area contributed by atoms with Crippen molar-refractivity contribution in [2.75, 3.05) is 13.1 Å². The Balaban J connectivity index is 1.77. The minimum absolute atomic E-state index is 0.176. The fraction of sp³-hybridized carbons (Fsp3) is 0.381. The van der Waals surface area contributed by atoms with Gasteiger partial charge in [-0.2, -0.15) is 0 Å². The van der Waals surface area contributed by atoms with E-state index in [1.807, 2.05) is 6.34 Å². The second-order valence-electron chi connectivity index (χ2n) is 6.83. The molecule has 0 amide bonds. The maximum Gasteiger partial charge on any atom is 0.141 e. The largest absolute Gasteiger partial charge is 0.363 e. The Morgan fingerprint density at radius 2 is 1.84 bits per heavy atom. The van der Waals surface area contributed by atoms with Gasteiger partial charge in [-0.25, -0.2) is 9.38 Å². The van der Waals surface area contributed by atoms with Gasteiger partial charge in [0.1, 0.15) is 5.82 Å². The molecule has 0 saturated carbocycles. The lowest BCUT2D eigenvalue weighted by Gasteiger charge is -2.24. The molecule has 4 heteroatoms. The predicted molar refractivity (Wildman–Crippen MR) is 104 cm³/mol. The molecular weight excluding hydrogens is 335 g/mol. The van der Waals surface area contributed by atoms with E-state index in [0.717, 1.165) is 36.3 Å². The van der Waals surface area contributed by atoms with E-state index in [-0.39, 0.29) is 10.8 Å². The van der Waals surface area contributed by atoms with E-state index in [1.165, 1.54) is 36.5 Å². The SMILES string of the molecule is Cc1cc(N=CN2CCCCC2)c(C)cc1Cc1ccc(F)c(Cl)c1. The van der Waals surface area contributed by atoms with Crippen LogP contribution in [-0.2, 0) is 6.42 Å². The lowest BCUT2D eigenvalue weighted by molar-refractivity contribution is 0.351. The molecule has 1 saturated heterocycles. The van der Waals surface area contributed by atoms with Gasteiger partial charge in [0, 0.05) is 13.1 Å². The number of rotatable bonds is 4. The zero-order valence-corrected chi connectivity index (χ0v) is 15.6. The van der Waals surface area contributed by atoms with Crippen molar-refractivity contribution in [1.29, 1.82) is 0 Å². The third-order valence-corrected chi connectivity index (χ3v) is 5.07. The van der Waals surface area contributed by atoms with Gasteiger partial charge in [0.2, 0.25) is 0 Å². The molecular formula is C21H24ClFN2. The zero-order valence-electron chi connectivity index (χ0n) is 14.9. The van der Waals surface area contributed by atoms with E-state index in [1.54, 1.807) is 12.1 Å². The van der Waals surface area contributed by atoms with Crippen molar-refractivity contribution in [3.8, 4) is 0 Å². The Hall–Kier alpha value is -1.87. The summed E-state index contributed by atoms with van der Waals surface area (Å²) in [4.78, 5) is 6.99. The van der Waals surface area contributed by atoms with Crippen LogP contribution in [-0.4, -0.2) is 24.3 Å². The summed E-state index contributed by atoms with van der Waals surface area (Å²) in [6, 6.07) is 9.23. The minimum Gasteiger partial charge on any atom is -0.363 e. The van der Waals surface area contributed by atoms with Crippen LogP contribution in [0.4, 0.5) is 10.1 Å². The monoisotopic (exact) mass is 358 g/mol. The topological polar surface area (TPSA) is 15.6 Å². The summed E-state index contributed by atoms with van der Waals surface area (Å²) in [5.74, 6) is -0.374. The quantitative estimate of drug-likeness (QED) is 0.495. The third-order valence-electron chi connectivity index (χ3n) is 4.78. The summed E-state index contributed by atoms with van der Waals surface area (Å²) in [6.45, 7) is 6.39. The summed E-state index contributed by atoms with van der Waals surface area (Å²) >= 11 is 5.89. The summed E-state index contributed by atoms with van der Waals surface area (Å²) in [5, 5.41) is 0.176. The fourth-order valence-corrected chi connectivity index (χ4v) is 3.44. The first-order valence-electron chi connectivity index (χ1n) is 8.85. The number of likely N-dealkylation sites (tertiary alicyclic amines) is 1. The number of piperidine rings is 1. The summed E-state index contributed by atoms with van der Waals surface area (Å²) in [7, 11) is 0. The van der Waals surface area contributed by atoms with Gasteiger partial charge in [0.25, 0.3) is 0 Å². The highest BCUT2D eigenvalue weighted by Gasteiger charge is 2.09. The molecule has 0 atom stereocenters. The first-order chi connectivity index (χ1) is 12.0. The van der Waals surface area contributed by atoms with E-state index in [4.69, 9.17) is 16.6 Å². The fourth-order valence-electron chi connectivity index (χ4n) is 3.24. The van der Waals surface area contributed by atoms with Crippen molar-refractivity contribution in [1.82, 2.24) is 4.90 Å². The van der Waals surface area contributed by atoms with Crippen LogP contribution in [0.1, 0.15) is 41.5 Å². The highest BCUT2D eigenvalue weighted by atomic mass is 35.5. The Bertz CT molecular complexity index is 780. The average Bonchev–Trinajstić information content (AvgIpc) is 2.61. The van der Waals surface area contributed by atoms with Gasteiger partial charge >= 0.3 is 0 Å². The van der Waals surface area contributed by atoms with Crippen LogP contribution in [0.15, 0.2) is 35.3 Å². The average molecular weight is 359 g/mol. The molecule has 3 rings (SSSR count). The number of nitrogens with zero attached hydrogens (tertiary/aromatic N) is 2. The number of halogens is 2. The molecule has 1 fully saturated rings. The smallest absolute Gasteiger partial charge is 0.141 e. The Morgan fingerprint density at radius 3 is 2.56 bits per heavy atom. The van der Waals surface area contributed by atoms with Crippen molar-refractivity contribution < 1.29 is 4.39 Å². The molecule has 0 aromatic heterocycles. The predicted octanol–water partition coefficient (Wildman–Crippen LogP) is 5.83. The standard InChI is InChI=1S/C21H24ClFN2/c1-15-11-21(24-14-25-8-4-3-5-9-25)16(2)10-18(15)12-17-6-7-20(23)19(22)13-17/h6-7,10-11,13-14H,3-5,8-9,12H2,1-2H3. The van der Waals surface area contributed by atoms with Gasteiger partial charge in [-0.1, -0.05) is 23.7 Å². The molecule has 1 aliphatic rings. The van der Waals surface area contributed by atoms with E-state index in [0.29, 0.717) is 0 Å². The van der Waals surface area contributed by atoms with Crippen molar-refractivity contribution in [2.45, 2.75) is 39.5 Å².